The number of thioether (sulfide) groups is 1. The van der Waals surface area contributed by atoms with Gasteiger partial charge in [-0.05, 0) is 38.0 Å². The van der Waals surface area contributed by atoms with Gasteiger partial charge in [-0.3, -0.25) is 0 Å². The topological polar surface area (TPSA) is 0 Å². The molecule has 1 aliphatic carbocycles. The first-order valence-corrected chi connectivity index (χ1v) is 9.11. The lowest BCUT2D eigenvalue weighted by molar-refractivity contribution is 1.03. The summed E-state index contributed by atoms with van der Waals surface area (Å²) in [7, 11) is 0. The molecule has 23 heavy (non-hydrogen) atoms. The Morgan fingerprint density at radius 3 is 2.00 bits per heavy atom. The normalized spacial score (nSPS) is 16.1. The van der Waals surface area contributed by atoms with Gasteiger partial charge < -0.3 is 0 Å². The fraction of sp³-hybridized carbons (Fsp3) is 0.273. The zero-order valence-corrected chi connectivity index (χ0v) is 15.7. The van der Waals surface area contributed by atoms with Gasteiger partial charge in [-0.1, -0.05) is 86.7 Å². The van der Waals surface area contributed by atoms with E-state index in [9.17, 15) is 0 Å². The molecule has 0 nitrogen and oxygen atoms in total. The molecular weight excluding hydrogens is 296 g/mol. The second-order valence-electron chi connectivity index (χ2n) is 5.16. The number of hydrogen-bond acceptors (Lipinski definition) is 1. The van der Waals surface area contributed by atoms with Gasteiger partial charge in [0.1, 0.15) is 0 Å². The van der Waals surface area contributed by atoms with Gasteiger partial charge in [0.15, 0.2) is 0 Å². The van der Waals surface area contributed by atoms with Crippen molar-refractivity contribution in [1.82, 2.24) is 0 Å². The van der Waals surface area contributed by atoms with Gasteiger partial charge in [-0.15, -0.1) is 11.8 Å². The van der Waals surface area contributed by atoms with Crippen molar-refractivity contribution in [3.8, 4) is 0 Å². The molecule has 1 aromatic rings. The van der Waals surface area contributed by atoms with Crippen LogP contribution in [0.15, 0.2) is 71.7 Å². The largest absolute Gasteiger partial charge is 0.112 e. The van der Waals surface area contributed by atoms with Crippen molar-refractivity contribution in [2.45, 2.75) is 39.4 Å². The van der Waals surface area contributed by atoms with Crippen molar-refractivity contribution in [2.24, 2.45) is 0 Å². The van der Waals surface area contributed by atoms with Crippen LogP contribution >= 0.6 is 11.8 Å². The predicted octanol–water partition coefficient (Wildman–Crippen LogP) is 7.28. The monoisotopic (exact) mass is 324 g/mol. The van der Waals surface area contributed by atoms with E-state index in [0.29, 0.717) is 0 Å². The highest BCUT2D eigenvalue weighted by Gasteiger charge is 2.21. The zero-order valence-electron chi connectivity index (χ0n) is 14.9. The fourth-order valence-corrected chi connectivity index (χ4v) is 3.20. The van der Waals surface area contributed by atoms with Crippen LogP contribution in [-0.2, 0) is 0 Å². The highest BCUT2D eigenvalue weighted by Crippen LogP contribution is 2.38. The third-order valence-corrected chi connectivity index (χ3v) is 4.69. The van der Waals surface area contributed by atoms with E-state index < -0.39 is 0 Å². The van der Waals surface area contributed by atoms with Crippen LogP contribution in [0.5, 0.6) is 0 Å². The van der Waals surface area contributed by atoms with Crippen molar-refractivity contribution in [1.29, 1.82) is 0 Å². The minimum Gasteiger partial charge on any atom is -0.112 e. The Hall–Kier alpha value is -1.73. The summed E-state index contributed by atoms with van der Waals surface area (Å²) in [6.07, 6.45) is 19.5. The highest BCUT2D eigenvalue weighted by atomic mass is 32.2. The highest BCUT2D eigenvalue weighted by molar-refractivity contribution is 8.04. The molecule has 0 radical (unpaired) electrons. The molecule has 1 aliphatic rings. The minimum absolute atomic E-state index is 0.0267. The molecule has 0 aliphatic heterocycles. The molecular formula is C22H28S. The summed E-state index contributed by atoms with van der Waals surface area (Å²) >= 11 is 1.87. The lowest BCUT2D eigenvalue weighted by atomic mass is 10.1. The van der Waals surface area contributed by atoms with Crippen molar-refractivity contribution in [3.05, 3.63) is 82.8 Å². The van der Waals surface area contributed by atoms with Crippen molar-refractivity contribution in [2.75, 3.05) is 0 Å². The summed E-state index contributed by atoms with van der Waals surface area (Å²) in [6, 6.07) is 8.50. The van der Waals surface area contributed by atoms with Crippen LogP contribution < -0.4 is 0 Å². The maximum Gasteiger partial charge on any atom is 0.0544 e. The first kappa shape index (κ1) is 19.3. The minimum atomic E-state index is -0.0267. The third kappa shape index (κ3) is 6.11. The average Bonchev–Trinajstić information content (AvgIpc) is 2.76. The van der Waals surface area contributed by atoms with E-state index in [0.717, 1.165) is 0 Å². The standard InChI is InChI=1S/C20H22S.C2H6/c1-4-6-7-12-19(5-2)21-20(3)15-13-17-10-8-9-11-18(17)14-16-20;1-2/h4-16H,1-3H3;1-2H3/b6-4-,12-7-,19-5+;. The Morgan fingerprint density at radius 2 is 1.52 bits per heavy atom. The number of benzene rings is 1. The van der Waals surface area contributed by atoms with E-state index >= 15 is 0 Å². The Morgan fingerprint density at radius 1 is 0.957 bits per heavy atom. The van der Waals surface area contributed by atoms with Gasteiger partial charge in [-0.2, -0.15) is 0 Å². The summed E-state index contributed by atoms with van der Waals surface area (Å²) in [4.78, 5) is 1.27. The van der Waals surface area contributed by atoms with Crippen LogP contribution in [0.2, 0.25) is 0 Å². The summed E-state index contributed by atoms with van der Waals surface area (Å²) < 4.78 is -0.0267. The molecule has 1 aromatic carbocycles. The molecule has 0 atom stereocenters. The fourth-order valence-electron chi connectivity index (χ4n) is 2.15. The molecule has 1 heteroatoms. The summed E-state index contributed by atoms with van der Waals surface area (Å²) in [5, 5.41) is 0. The molecule has 122 valence electrons. The predicted molar refractivity (Wildman–Crippen MR) is 110 cm³/mol. The Labute approximate surface area is 146 Å². The number of hydrogen-bond donors (Lipinski definition) is 0. The van der Waals surface area contributed by atoms with Gasteiger partial charge in [0.25, 0.3) is 0 Å². The molecule has 0 aromatic heterocycles. The quantitative estimate of drug-likeness (QED) is 0.524. The molecule has 0 saturated heterocycles. The van der Waals surface area contributed by atoms with E-state index in [2.05, 4.69) is 86.7 Å². The maximum absolute atomic E-state index is 2.28. The summed E-state index contributed by atoms with van der Waals surface area (Å²) in [5.41, 5.74) is 2.56. The number of fused-ring (bicyclic) bond motifs is 1. The van der Waals surface area contributed by atoms with Gasteiger partial charge in [0.2, 0.25) is 0 Å². The molecule has 0 spiro atoms. The van der Waals surface area contributed by atoms with Gasteiger partial charge >= 0.3 is 0 Å². The smallest absolute Gasteiger partial charge is 0.0544 e. The molecule has 2 rings (SSSR count). The summed E-state index contributed by atoms with van der Waals surface area (Å²) in [5.74, 6) is 0. The second kappa shape index (κ2) is 10.1. The Balaban J connectivity index is 0.00000127. The van der Waals surface area contributed by atoms with Crippen LogP contribution in [0.3, 0.4) is 0 Å². The molecule has 0 amide bonds. The van der Waals surface area contributed by atoms with Crippen LogP contribution in [0.25, 0.3) is 12.2 Å². The molecule has 0 unspecified atom stereocenters. The SMILES string of the molecule is CC.C\C=C/C=C\C(=C/C)SC1(C)C=Cc2ccccc2C=C1. The van der Waals surface area contributed by atoms with Gasteiger partial charge in [0.05, 0.1) is 4.75 Å². The number of rotatable bonds is 4. The molecule has 0 N–H and O–H groups in total. The molecule has 0 saturated carbocycles. The van der Waals surface area contributed by atoms with E-state index in [4.69, 9.17) is 0 Å². The van der Waals surface area contributed by atoms with E-state index in [-0.39, 0.29) is 4.75 Å². The van der Waals surface area contributed by atoms with Crippen LogP contribution in [0.1, 0.15) is 45.7 Å². The van der Waals surface area contributed by atoms with Crippen LogP contribution in [0, 0.1) is 0 Å². The average molecular weight is 325 g/mol. The van der Waals surface area contributed by atoms with Crippen LogP contribution in [0.4, 0.5) is 0 Å². The van der Waals surface area contributed by atoms with Gasteiger partial charge in [-0.25, -0.2) is 0 Å². The molecule has 0 fully saturated rings. The van der Waals surface area contributed by atoms with Crippen LogP contribution in [-0.4, -0.2) is 4.75 Å². The Kier molecular flexibility index (Phi) is 8.50. The summed E-state index contributed by atoms with van der Waals surface area (Å²) in [6.45, 7) is 10.4. The van der Waals surface area contributed by atoms with Crippen molar-refractivity contribution >= 4 is 23.9 Å². The first-order chi connectivity index (χ1) is 11.2. The van der Waals surface area contributed by atoms with Crippen molar-refractivity contribution < 1.29 is 0 Å². The first-order valence-electron chi connectivity index (χ1n) is 8.29. The van der Waals surface area contributed by atoms with E-state index in [1.807, 2.05) is 38.6 Å². The lowest BCUT2D eigenvalue weighted by Crippen LogP contribution is -2.11. The van der Waals surface area contributed by atoms with E-state index in [1.165, 1.54) is 16.0 Å². The zero-order chi connectivity index (χ0) is 17.1. The molecule has 0 heterocycles. The van der Waals surface area contributed by atoms with Gasteiger partial charge in [0, 0.05) is 4.91 Å². The maximum atomic E-state index is 2.28. The molecule has 0 bridgehead atoms. The number of allylic oxidation sites excluding steroid dienone is 5. The third-order valence-electron chi connectivity index (χ3n) is 3.37. The van der Waals surface area contributed by atoms with E-state index in [1.54, 1.807) is 0 Å². The second-order valence-corrected chi connectivity index (χ2v) is 6.71. The lowest BCUT2D eigenvalue weighted by Gasteiger charge is -2.21. The van der Waals surface area contributed by atoms with Crippen molar-refractivity contribution in [3.63, 3.8) is 0 Å². The Bertz CT molecular complexity index is 594.